The molecule has 0 radical (unpaired) electrons. The Balaban J connectivity index is 1.88. The Kier molecular flexibility index (Phi) is 4.66. The summed E-state index contributed by atoms with van der Waals surface area (Å²) in [7, 11) is -2.21. The monoisotopic (exact) mass is 417 g/mol. The van der Waals surface area contributed by atoms with Crippen molar-refractivity contribution in [3.8, 4) is 39.5 Å². The van der Waals surface area contributed by atoms with Gasteiger partial charge in [-0.1, -0.05) is 29.8 Å². The average molecular weight is 418 g/mol. The standard InChI is InChI=1S/C20H16ClNO5S/c1-25-18-7-4-13(8-17(18)21)16-10-20-19(26-11-27-20)9-15(16)12-2-5-14(6-3-12)28(22,23)24/h2-10H,11H2,1H3,(H2,22,23,24). The van der Waals surface area contributed by atoms with Crippen molar-refractivity contribution in [1.82, 2.24) is 0 Å². The first-order valence-corrected chi connectivity index (χ1v) is 10.2. The second-order valence-electron chi connectivity index (χ2n) is 6.17. The molecule has 0 bridgehead atoms. The summed E-state index contributed by atoms with van der Waals surface area (Å²) in [6, 6.07) is 15.6. The van der Waals surface area contributed by atoms with E-state index in [4.69, 9.17) is 31.0 Å². The van der Waals surface area contributed by atoms with Gasteiger partial charge < -0.3 is 14.2 Å². The largest absolute Gasteiger partial charge is 0.495 e. The van der Waals surface area contributed by atoms with Gasteiger partial charge in [-0.25, -0.2) is 13.6 Å². The number of nitrogens with two attached hydrogens (primary N) is 1. The zero-order chi connectivity index (χ0) is 19.9. The minimum absolute atomic E-state index is 0.0473. The van der Waals surface area contributed by atoms with Crippen LogP contribution in [0.1, 0.15) is 0 Å². The minimum Gasteiger partial charge on any atom is -0.495 e. The summed E-state index contributed by atoms with van der Waals surface area (Å²) in [4.78, 5) is 0.0473. The van der Waals surface area contributed by atoms with Crippen LogP contribution in [0, 0.1) is 0 Å². The first-order chi connectivity index (χ1) is 13.4. The van der Waals surface area contributed by atoms with E-state index in [1.54, 1.807) is 31.4 Å². The topological polar surface area (TPSA) is 87.9 Å². The van der Waals surface area contributed by atoms with Crippen LogP contribution in [0.2, 0.25) is 5.02 Å². The van der Waals surface area contributed by atoms with Crippen LogP contribution in [0.15, 0.2) is 59.5 Å². The molecule has 6 nitrogen and oxygen atoms in total. The number of hydrogen-bond donors (Lipinski definition) is 1. The van der Waals surface area contributed by atoms with Gasteiger partial charge in [0.05, 0.1) is 17.0 Å². The first-order valence-electron chi connectivity index (χ1n) is 8.27. The van der Waals surface area contributed by atoms with Gasteiger partial charge in [-0.15, -0.1) is 0 Å². The van der Waals surface area contributed by atoms with Gasteiger partial charge in [0, 0.05) is 0 Å². The van der Waals surface area contributed by atoms with Gasteiger partial charge in [-0.05, 0) is 58.7 Å². The highest BCUT2D eigenvalue weighted by molar-refractivity contribution is 7.89. The maximum atomic E-state index is 11.5. The molecule has 2 N–H and O–H groups in total. The Morgan fingerprint density at radius 1 is 0.929 bits per heavy atom. The fourth-order valence-corrected chi connectivity index (χ4v) is 3.85. The van der Waals surface area contributed by atoms with Crippen molar-refractivity contribution in [1.29, 1.82) is 0 Å². The second-order valence-corrected chi connectivity index (χ2v) is 8.14. The zero-order valence-corrected chi connectivity index (χ0v) is 16.4. The summed E-state index contributed by atoms with van der Waals surface area (Å²) in [5, 5.41) is 5.67. The molecule has 0 amide bonds. The second kappa shape index (κ2) is 7.01. The first kappa shape index (κ1) is 18.6. The summed E-state index contributed by atoms with van der Waals surface area (Å²) < 4.78 is 39.3. The SMILES string of the molecule is COc1ccc(-c2cc3c(cc2-c2ccc(S(N)(=O)=O)cc2)OCO3)cc1Cl. The Morgan fingerprint density at radius 3 is 2.04 bits per heavy atom. The number of rotatable bonds is 4. The summed E-state index contributed by atoms with van der Waals surface area (Å²) in [6.45, 7) is 0.145. The minimum atomic E-state index is -3.76. The summed E-state index contributed by atoms with van der Waals surface area (Å²) >= 11 is 6.30. The van der Waals surface area contributed by atoms with Crippen LogP contribution < -0.4 is 19.3 Å². The summed E-state index contributed by atoms with van der Waals surface area (Å²) in [5.41, 5.74) is 3.35. The fraction of sp³-hybridized carbons (Fsp3) is 0.100. The van der Waals surface area contributed by atoms with E-state index in [0.29, 0.717) is 22.3 Å². The molecule has 0 aliphatic carbocycles. The molecule has 0 saturated heterocycles. The van der Waals surface area contributed by atoms with E-state index in [1.807, 2.05) is 18.2 Å². The lowest BCUT2D eigenvalue weighted by atomic mass is 9.94. The van der Waals surface area contributed by atoms with Crippen LogP contribution >= 0.6 is 11.6 Å². The number of ether oxygens (including phenoxy) is 3. The number of benzene rings is 3. The van der Waals surface area contributed by atoms with E-state index in [-0.39, 0.29) is 11.7 Å². The molecule has 144 valence electrons. The Hall–Kier alpha value is -2.74. The maximum Gasteiger partial charge on any atom is 0.238 e. The van der Waals surface area contributed by atoms with Crippen LogP contribution in [-0.4, -0.2) is 22.3 Å². The number of methoxy groups -OCH3 is 1. The third-order valence-electron chi connectivity index (χ3n) is 4.47. The normalized spacial score (nSPS) is 12.8. The Bertz CT molecular complexity index is 1160. The van der Waals surface area contributed by atoms with Gasteiger partial charge in [-0.3, -0.25) is 0 Å². The molecule has 1 aliphatic heterocycles. The highest BCUT2D eigenvalue weighted by Crippen LogP contribution is 2.44. The quantitative estimate of drug-likeness (QED) is 0.691. The number of primary sulfonamides is 1. The zero-order valence-electron chi connectivity index (χ0n) is 14.8. The third kappa shape index (κ3) is 3.40. The van der Waals surface area contributed by atoms with Gasteiger partial charge in [0.15, 0.2) is 11.5 Å². The van der Waals surface area contributed by atoms with E-state index in [9.17, 15) is 8.42 Å². The van der Waals surface area contributed by atoms with Crippen LogP contribution in [0.5, 0.6) is 17.2 Å². The molecule has 1 heterocycles. The molecule has 0 fully saturated rings. The molecular weight excluding hydrogens is 402 g/mol. The molecule has 4 rings (SSSR count). The van der Waals surface area contributed by atoms with Gasteiger partial charge in [0.2, 0.25) is 16.8 Å². The highest BCUT2D eigenvalue weighted by Gasteiger charge is 2.20. The van der Waals surface area contributed by atoms with Gasteiger partial charge in [0.25, 0.3) is 0 Å². The number of hydrogen-bond acceptors (Lipinski definition) is 5. The molecule has 3 aromatic carbocycles. The van der Waals surface area contributed by atoms with Crippen molar-refractivity contribution in [3.05, 3.63) is 59.6 Å². The van der Waals surface area contributed by atoms with Crippen molar-refractivity contribution in [3.63, 3.8) is 0 Å². The van der Waals surface area contributed by atoms with Crippen LogP contribution in [0.4, 0.5) is 0 Å². The van der Waals surface area contributed by atoms with Crippen LogP contribution in [0.25, 0.3) is 22.3 Å². The number of sulfonamides is 1. The van der Waals surface area contributed by atoms with E-state index in [2.05, 4.69) is 0 Å². The van der Waals surface area contributed by atoms with E-state index in [0.717, 1.165) is 22.3 Å². The van der Waals surface area contributed by atoms with Crippen LogP contribution in [0.3, 0.4) is 0 Å². The molecule has 0 atom stereocenters. The lowest BCUT2D eigenvalue weighted by molar-refractivity contribution is 0.174. The average Bonchev–Trinajstić information content (AvgIpc) is 3.14. The third-order valence-corrected chi connectivity index (χ3v) is 5.69. The molecule has 8 heteroatoms. The molecule has 0 unspecified atom stereocenters. The van der Waals surface area contributed by atoms with E-state index >= 15 is 0 Å². The van der Waals surface area contributed by atoms with Crippen molar-refractivity contribution < 1.29 is 22.6 Å². The highest BCUT2D eigenvalue weighted by atomic mass is 35.5. The molecule has 1 aliphatic rings. The van der Waals surface area contributed by atoms with Gasteiger partial charge in [-0.2, -0.15) is 0 Å². The lowest BCUT2D eigenvalue weighted by Gasteiger charge is -2.13. The van der Waals surface area contributed by atoms with Crippen molar-refractivity contribution in [2.24, 2.45) is 5.14 Å². The predicted octanol–water partition coefficient (Wildman–Crippen LogP) is 4.06. The molecule has 28 heavy (non-hydrogen) atoms. The predicted molar refractivity (Wildman–Crippen MR) is 106 cm³/mol. The Morgan fingerprint density at radius 2 is 1.50 bits per heavy atom. The molecule has 3 aromatic rings. The molecule has 0 spiro atoms. The van der Waals surface area contributed by atoms with Crippen molar-refractivity contribution in [2.75, 3.05) is 13.9 Å². The smallest absolute Gasteiger partial charge is 0.238 e. The number of halogens is 1. The maximum absolute atomic E-state index is 11.5. The number of fused-ring (bicyclic) bond motifs is 1. The Labute approximate surface area is 167 Å². The van der Waals surface area contributed by atoms with Crippen LogP contribution in [-0.2, 0) is 10.0 Å². The van der Waals surface area contributed by atoms with Gasteiger partial charge >= 0.3 is 0 Å². The van der Waals surface area contributed by atoms with E-state index in [1.165, 1.54) is 12.1 Å². The summed E-state index contributed by atoms with van der Waals surface area (Å²) in [5.74, 6) is 1.82. The summed E-state index contributed by atoms with van der Waals surface area (Å²) in [6.07, 6.45) is 0. The molecule has 0 aromatic heterocycles. The van der Waals surface area contributed by atoms with Crippen molar-refractivity contribution >= 4 is 21.6 Å². The van der Waals surface area contributed by atoms with E-state index < -0.39 is 10.0 Å². The lowest BCUT2D eigenvalue weighted by Crippen LogP contribution is -2.11. The molecule has 0 saturated carbocycles. The molecular formula is C20H16ClNO5S. The van der Waals surface area contributed by atoms with Gasteiger partial charge in [0.1, 0.15) is 5.75 Å². The van der Waals surface area contributed by atoms with Crippen molar-refractivity contribution in [2.45, 2.75) is 4.90 Å². The fourth-order valence-electron chi connectivity index (χ4n) is 3.08.